The van der Waals surface area contributed by atoms with Crippen molar-refractivity contribution < 1.29 is 4.74 Å². The topological polar surface area (TPSA) is 47.3 Å². The SMILES string of the molecule is COc1cc(C)cc(C)c1C(NN)c1ccc(SC)cc1. The summed E-state index contributed by atoms with van der Waals surface area (Å²) in [5.74, 6) is 6.69. The minimum Gasteiger partial charge on any atom is -0.496 e. The zero-order chi connectivity index (χ0) is 15.4. The van der Waals surface area contributed by atoms with Crippen LogP contribution in [0.2, 0.25) is 0 Å². The summed E-state index contributed by atoms with van der Waals surface area (Å²) in [6.45, 7) is 4.16. The number of nitrogens with one attached hydrogen (secondary N) is 1. The van der Waals surface area contributed by atoms with Crippen molar-refractivity contribution in [1.82, 2.24) is 5.43 Å². The largest absolute Gasteiger partial charge is 0.496 e. The number of ether oxygens (including phenoxy) is 1. The highest BCUT2D eigenvalue weighted by atomic mass is 32.2. The molecule has 21 heavy (non-hydrogen) atoms. The Balaban J connectivity index is 2.50. The number of methoxy groups -OCH3 is 1. The van der Waals surface area contributed by atoms with Crippen LogP contribution in [-0.2, 0) is 0 Å². The minimum absolute atomic E-state index is 0.0866. The molecule has 0 fully saturated rings. The predicted octanol–water partition coefficient (Wildman–Crippen LogP) is 3.59. The van der Waals surface area contributed by atoms with Gasteiger partial charge in [-0.05, 0) is 55.0 Å². The molecule has 0 radical (unpaired) electrons. The number of hydrogen-bond acceptors (Lipinski definition) is 4. The summed E-state index contributed by atoms with van der Waals surface area (Å²) in [7, 11) is 1.70. The van der Waals surface area contributed by atoms with Crippen LogP contribution in [0.25, 0.3) is 0 Å². The Hall–Kier alpha value is -1.49. The molecule has 0 aliphatic rings. The van der Waals surface area contributed by atoms with Gasteiger partial charge in [-0.1, -0.05) is 18.2 Å². The maximum atomic E-state index is 5.83. The Morgan fingerprint density at radius 2 is 1.81 bits per heavy atom. The van der Waals surface area contributed by atoms with Gasteiger partial charge in [-0.2, -0.15) is 0 Å². The number of thioether (sulfide) groups is 1. The molecule has 0 bridgehead atoms. The first-order chi connectivity index (χ1) is 10.1. The van der Waals surface area contributed by atoms with Crippen LogP contribution in [-0.4, -0.2) is 13.4 Å². The van der Waals surface area contributed by atoms with E-state index in [1.807, 2.05) is 6.07 Å². The number of nitrogens with two attached hydrogens (primary N) is 1. The summed E-state index contributed by atoms with van der Waals surface area (Å²) in [6, 6.07) is 12.5. The van der Waals surface area contributed by atoms with Crippen LogP contribution in [0, 0.1) is 13.8 Å². The fraction of sp³-hybridized carbons (Fsp3) is 0.294. The van der Waals surface area contributed by atoms with E-state index in [0.717, 1.165) is 16.9 Å². The summed E-state index contributed by atoms with van der Waals surface area (Å²) in [4.78, 5) is 1.24. The minimum atomic E-state index is -0.0866. The van der Waals surface area contributed by atoms with E-state index in [2.05, 4.69) is 55.9 Å². The third kappa shape index (κ3) is 3.40. The van der Waals surface area contributed by atoms with Gasteiger partial charge in [0.2, 0.25) is 0 Å². The number of hydrazine groups is 1. The Morgan fingerprint density at radius 1 is 1.14 bits per heavy atom. The van der Waals surface area contributed by atoms with Gasteiger partial charge in [0.05, 0.1) is 13.2 Å². The first-order valence-corrected chi connectivity index (χ1v) is 8.08. The standard InChI is InChI=1S/C17H22N2OS/c1-11-9-12(2)16(15(10-11)20-3)17(19-18)13-5-7-14(21-4)8-6-13/h5-10,17,19H,18H2,1-4H3. The second kappa shape index (κ2) is 6.98. The van der Waals surface area contributed by atoms with Crippen molar-refractivity contribution in [3.05, 3.63) is 58.7 Å². The smallest absolute Gasteiger partial charge is 0.124 e. The first-order valence-electron chi connectivity index (χ1n) is 6.86. The van der Waals surface area contributed by atoms with Crippen LogP contribution in [0.1, 0.15) is 28.3 Å². The van der Waals surface area contributed by atoms with E-state index < -0.39 is 0 Å². The Bertz CT molecular complexity index is 611. The zero-order valence-electron chi connectivity index (χ0n) is 12.9. The fourth-order valence-electron chi connectivity index (χ4n) is 2.62. The van der Waals surface area contributed by atoms with E-state index in [4.69, 9.17) is 10.6 Å². The molecule has 0 heterocycles. The second-order valence-electron chi connectivity index (χ2n) is 5.07. The predicted molar refractivity (Wildman–Crippen MR) is 89.9 cm³/mol. The van der Waals surface area contributed by atoms with Crippen molar-refractivity contribution in [1.29, 1.82) is 0 Å². The van der Waals surface area contributed by atoms with Gasteiger partial charge in [0.25, 0.3) is 0 Å². The Labute approximate surface area is 130 Å². The van der Waals surface area contributed by atoms with Gasteiger partial charge in [-0.25, -0.2) is 5.43 Å². The summed E-state index contributed by atoms with van der Waals surface area (Å²) in [5.41, 5.74) is 7.48. The van der Waals surface area contributed by atoms with E-state index in [1.54, 1.807) is 18.9 Å². The van der Waals surface area contributed by atoms with Crippen LogP contribution in [0.5, 0.6) is 5.75 Å². The van der Waals surface area contributed by atoms with E-state index in [-0.39, 0.29) is 6.04 Å². The van der Waals surface area contributed by atoms with Crippen molar-refractivity contribution in [2.45, 2.75) is 24.8 Å². The maximum absolute atomic E-state index is 5.83. The van der Waals surface area contributed by atoms with Crippen LogP contribution < -0.4 is 16.0 Å². The molecule has 1 atom stereocenters. The van der Waals surface area contributed by atoms with Crippen molar-refractivity contribution in [2.24, 2.45) is 5.84 Å². The molecular weight excluding hydrogens is 280 g/mol. The molecule has 3 nitrogen and oxygen atoms in total. The van der Waals surface area contributed by atoms with Crippen molar-refractivity contribution in [3.63, 3.8) is 0 Å². The highest BCUT2D eigenvalue weighted by Crippen LogP contribution is 2.34. The monoisotopic (exact) mass is 302 g/mol. The normalized spacial score (nSPS) is 12.2. The van der Waals surface area contributed by atoms with Crippen LogP contribution >= 0.6 is 11.8 Å². The fourth-order valence-corrected chi connectivity index (χ4v) is 3.03. The molecule has 0 saturated carbocycles. The third-order valence-electron chi connectivity index (χ3n) is 3.62. The molecule has 2 aromatic carbocycles. The van der Waals surface area contributed by atoms with Crippen molar-refractivity contribution in [3.8, 4) is 5.75 Å². The van der Waals surface area contributed by atoms with E-state index in [1.165, 1.54) is 16.0 Å². The van der Waals surface area contributed by atoms with Crippen LogP contribution in [0.15, 0.2) is 41.3 Å². The lowest BCUT2D eigenvalue weighted by atomic mass is 9.93. The van der Waals surface area contributed by atoms with Gasteiger partial charge in [0, 0.05) is 10.5 Å². The molecule has 1 unspecified atom stereocenters. The first kappa shape index (κ1) is 15.9. The Kier molecular flexibility index (Phi) is 5.28. The van der Waals surface area contributed by atoms with Crippen molar-refractivity contribution >= 4 is 11.8 Å². The quantitative estimate of drug-likeness (QED) is 0.503. The van der Waals surface area contributed by atoms with Crippen molar-refractivity contribution in [2.75, 3.05) is 13.4 Å². The lowest BCUT2D eigenvalue weighted by molar-refractivity contribution is 0.403. The molecule has 0 aliphatic heterocycles. The lowest BCUT2D eigenvalue weighted by Crippen LogP contribution is -2.29. The van der Waals surface area contributed by atoms with Gasteiger partial charge in [0.1, 0.15) is 5.75 Å². The van der Waals surface area contributed by atoms with Crippen LogP contribution in [0.4, 0.5) is 0 Å². The molecule has 2 rings (SSSR count). The van der Waals surface area contributed by atoms with Gasteiger partial charge >= 0.3 is 0 Å². The average Bonchev–Trinajstić information content (AvgIpc) is 2.50. The molecule has 0 amide bonds. The molecule has 0 aromatic heterocycles. The number of aryl methyl sites for hydroxylation is 2. The van der Waals surface area contributed by atoms with Gasteiger partial charge < -0.3 is 4.74 Å². The van der Waals surface area contributed by atoms with E-state index in [0.29, 0.717) is 0 Å². The molecule has 0 aliphatic carbocycles. The molecule has 3 N–H and O–H groups in total. The lowest BCUT2D eigenvalue weighted by Gasteiger charge is -2.22. The number of hydrogen-bond donors (Lipinski definition) is 2. The molecule has 4 heteroatoms. The van der Waals surface area contributed by atoms with E-state index >= 15 is 0 Å². The summed E-state index contributed by atoms with van der Waals surface area (Å²) >= 11 is 1.73. The molecule has 112 valence electrons. The van der Waals surface area contributed by atoms with E-state index in [9.17, 15) is 0 Å². The van der Waals surface area contributed by atoms with Crippen LogP contribution in [0.3, 0.4) is 0 Å². The Morgan fingerprint density at radius 3 is 2.33 bits per heavy atom. The van der Waals surface area contributed by atoms with Gasteiger partial charge in [-0.15, -0.1) is 11.8 Å². The second-order valence-corrected chi connectivity index (χ2v) is 5.95. The third-order valence-corrected chi connectivity index (χ3v) is 4.36. The summed E-state index contributed by atoms with van der Waals surface area (Å²) in [6.07, 6.45) is 2.07. The number of benzene rings is 2. The molecule has 2 aromatic rings. The maximum Gasteiger partial charge on any atom is 0.124 e. The van der Waals surface area contributed by atoms with Gasteiger partial charge in [-0.3, -0.25) is 5.84 Å². The highest BCUT2D eigenvalue weighted by Gasteiger charge is 2.19. The zero-order valence-corrected chi connectivity index (χ0v) is 13.8. The molecular formula is C17H22N2OS. The molecule has 0 spiro atoms. The average molecular weight is 302 g/mol. The summed E-state index contributed by atoms with van der Waals surface area (Å²) in [5, 5.41) is 0. The summed E-state index contributed by atoms with van der Waals surface area (Å²) < 4.78 is 5.56. The highest BCUT2D eigenvalue weighted by molar-refractivity contribution is 7.98. The number of rotatable bonds is 5. The van der Waals surface area contributed by atoms with Gasteiger partial charge in [0.15, 0.2) is 0 Å². The molecule has 0 saturated heterocycles.